The molecule has 2 aromatic carbocycles. The zero-order chi connectivity index (χ0) is 23.7. The van der Waals surface area contributed by atoms with Gasteiger partial charge in [0.15, 0.2) is 17.6 Å². The van der Waals surface area contributed by atoms with Gasteiger partial charge in [-0.25, -0.2) is 4.79 Å². The summed E-state index contributed by atoms with van der Waals surface area (Å²) in [7, 11) is 4.48. The van der Waals surface area contributed by atoms with E-state index in [0.29, 0.717) is 34.2 Å². The summed E-state index contributed by atoms with van der Waals surface area (Å²) >= 11 is 0. The first kappa shape index (κ1) is 24.3. The second-order valence-corrected chi connectivity index (χ2v) is 6.62. The number of amides is 2. The van der Waals surface area contributed by atoms with Crippen LogP contribution in [0.4, 0.5) is 11.4 Å². The molecule has 2 rings (SSSR count). The Kier molecular flexibility index (Phi) is 8.64. The number of methoxy groups -OCH3 is 3. The van der Waals surface area contributed by atoms with E-state index in [9.17, 15) is 14.4 Å². The summed E-state index contributed by atoms with van der Waals surface area (Å²) in [6.07, 6.45) is 1.69. The Morgan fingerprint density at radius 3 is 1.88 bits per heavy atom. The minimum absolute atomic E-state index is 0.193. The van der Waals surface area contributed by atoms with Crippen molar-refractivity contribution in [1.29, 1.82) is 0 Å². The lowest BCUT2D eigenvalue weighted by Gasteiger charge is -2.13. The average Bonchev–Trinajstić information content (AvgIpc) is 2.77. The zero-order valence-electron chi connectivity index (χ0n) is 18.6. The SMILES string of the molecule is COc1cc(C=CC(=O)OC(C)C(=O)Nc2ccc(NC(C)=O)cc2)cc(OC)c1OC. The van der Waals surface area contributed by atoms with Gasteiger partial charge in [0.05, 0.1) is 21.3 Å². The monoisotopic (exact) mass is 442 g/mol. The summed E-state index contributed by atoms with van der Waals surface area (Å²) in [5.41, 5.74) is 1.72. The molecule has 32 heavy (non-hydrogen) atoms. The topological polar surface area (TPSA) is 112 Å². The van der Waals surface area contributed by atoms with E-state index in [2.05, 4.69) is 10.6 Å². The van der Waals surface area contributed by atoms with Crippen molar-refractivity contribution in [1.82, 2.24) is 0 Å². The van der Waals surface area contributed by atoms with Gasteiger partial charge in [-0.1, -0.05) is 0 Å². The molecule has 9 heteroatoms. The number of hydrogen-bond donors (Lipinski definition) is 2. The first-order valence-corrected chi connectivity index (χ1v) is 9.64. The Hall–Kier alpha value is -4.01. The van der Waals surface area contributed by atoms with E-state index in [1.54, 1.807) is 36.4 Å². The van der Waals surface area contributed by atoms with Crippen molar-refractivity contribution in [3.63, 3.8) is 0 Å². The van der Waals surface area contributed by atoms with Gasteiger partial charge in [0.25, 0.3) is 5.91 Å². The van der Waals surface area contributed by atoms with Crippen LogP contribution in [-0.2, 0) is 19.1 Å². The lowest BCUT2D eigenvalue weighted by atomic mass is 10.1. The van der Waals surface area contributed by atoms with Crippen LogP contribution in [0.3, 0.4) is 0 Å². The molecular weight excluding hydrogens is 416 g/mol. The fraction of sp³-hybridized carbons (Fsp3) is 0.261. The van der Waals surface area contributed by atoms with Gasteiger partial charge in [0, 0.05) is 24.4 Å². The predicted octanol–water partition coefficient (Wildman–Crippen LogP) is 3.25. The Labute approximate surface area is 186 Å². The van der Waals surface area contributed by atoms with Gasteiger partial charge in [0.1, 0.15) is 0 Å². The minimum Gasteiger partial charge on any atom is -0.493 e. The molecule has 0 aliphatic carbocycles. The third-order valence-electron chi connectivity index (χ3n) is 4.23. The molecule has 0 aliphatic heterocycles. The van der Waals surface area contributed by atoms with Gasteiger partial charge in [-0.2, -0.15) is 0 Å². The van der Waals surface area contributed by atoms with Crippen molar-refractivity contribution < 1.29 is 33.3 Å². The number of ether oxygens (including phenoxy) is 4. The molecule has 0 bridgehead atoms. The van der Waals surface area contributed by atoms with Crippen LogP contribution >= 0.6 is 0 Å². The van der Waals surface area contributed by atoms with Crippen LogP contribution in [0.5, 0.6) is 17.2 Å². The zero-order valence-corrected chi connectivity index (χ0v) is 18.6. The Balaban J connectivity index is 1.98. The fourth-order valence-corrected chi connectivity index (χ4v) is 2.71. The van der Waals surface area contributed by atoms with Gasteiger partial charge in [-0.05, 0) is 55.0 Å². The first-order valence-electron chi connectivity index (χ1n) is 9.64. The molecule has 2 amide bonds. The molecule has 0 aromatic heterocycles. The van der Waals surface area contributed by atoms with Gasteiger partial charge >= 0.3 is 5.97 Å². The van der Waals surface area contributed by atoms with Crippen molar-refractivity contribution in [2.24, 2.45) is 0 Å². The molecule has 0 spiro atoms. The van der Waals surface area contributed by atoms with Crippen LogP contribution in [0.25, 0.3) is 6.08 Å². The summed E-state index contributed by atoms with van der Waals surface area (Å²) in [5.74, 6) is -0.0597. The van der Waals surface area contributed by atoms with E-state index >= 15 is 0 Å². The van der Waals surface area contributed by atoms with Gasteiger partial charge in [0.2, 0.25) is 11.7 Å². The third-order valence-corrected chi connectivity index (χ3v) is 4.23. The molecule has 170 valence electrons. The highest BCUT2D eigenvalue weighted by Crippen LogP contribution is 2.38. The van der Waals surface area contributed by atoms with E-state index in [1.807, 2.05) is 0 Å². The standard InChI is InChI=1S/C23H26N2O7/c1-14(23(28)25-18-9-7-17(8-10-18)24-15(2)26)32-21(27)11-6-16-12-19(29-3)22(31-5)20(13-16)30-4/h6-14H,1-5H3,(H,24,26)(H,25,28). The highest BCUT2D eigenvalue weighted by Gasteiger charge is 2.17. The summed E-state index contributed by atoms with van der Waals surface area (Å²) < 4.78 is 21.0. The number of carbonyl (C=O) groups excluding carboxylic acids is 3. The van der Waals surface area contributed by atoms with Crippen molar-refractivity contribution >= 4 is 35.2 Å². The number of anilines is 2. The Bertz CT molecular complexity index is 975. The lowest BCUT2D eigenvalue weighted by molar-refractivity contribution is -0.148. The van der Waals surface area contributed by atoms with E-state index in [0.717, 1.165) is 0 Å². The van der Waals surface area contributed by atoms with E-state index in [-0.39, 0.29) is 5.91 Å². The third kappa shape index (κ3) is 6.76. The number of hydrogen-bond acceptors (Lipinski definition) is 7. The number of rotatable bonds is 9. The van der Waals surface area contributed by atoms with Gasteiger partial charge in [-0.3, -0.25) is 9.59 Å². The molecular formula is C23H26N2O7. The van der Waals surface area contributed by atoms with Crippen LogP contribution in [0.15, 0.2) is 42.5 Å². The molecule has 9 nitrogen and oxygen atoms in total. The molecule has 0 fully saturated rings. The highest BCUT2D eigenvalue weighted by molar-refractivity contribution is 5.97. The van der Waals surface area contributed by atoms with E-state index in [1.165, 1.54) is 47.3 Å². The molecule has 1 atom stereocenters. The average molecular weight is 442 g/mol. The molecule has 0 saturated heterocycles. The smallest absolute Gasteiger partial charge is 0.331 e. The normalized spacial score (nSPS) is 11.4. The molecule has 2 N–H and O–H groups in total. The number of benzene rings is 2. The number of nitrogens with one attached hydrogen (secondary N) is 2. The molecule has 0 aliphatic rings. The second-order valence-electron chi connectivity index (χ2n) is 6.62. The second kappa shape index (κ2) is 11.4. The number of carbonyl (C=O) groups is 3. The fourth-order valence-electron chi connectivity index (χ4n) is 2.71. The summed E-state index contributed by atoms with van der Waals surface area (Å²) in [6.45, 7) is 2.87. The van der Waals surface area contributed by atoms with Crippen LogP contribution in [-0.4, -0.2) is 45.2 Å². The summed E-state index contributed by atoms with van der Waals surface area (Å²) in [6, 6.07) is 9.89. The molecule has 1 unspecified atom stereocenters. The quantitative estimate of drug-likeness (QED) is 0.453. The summed E-state index contributed by atoms with van der Waals surface area (Å²) in [5, 5.41) is 5.28. The maximum atomic E-state index is 12.3. The van der Waals surface area contributed by atoms with Crippen molar-refractivity contribution in [3.8, 4) is 17.2 Å². The molecule has 2 aromatic rings. The first-order chi connectivity index (χ1) is 15.3. The van der Waals surface area contributed by atoms with Crippen LogP contribution in [0, 0.1) is 0 Å². The maximum absolute atomic E-state index is 12.3. The molecule has 0 saturated carbocycles. The number of esters is 1. The lowest BCUT2D eigenvalue weighted by Crippen LogP contribution is -2.29. The van der Waals surface area contributed by atoms with Crippen molar-refractivity contribution in [2.45, 2.75) is 20.0 Å². The van der Waals surface area contributed by atoms with Crippen LogP contribution in [0.2, 0.25) is 0 Å². The van der Waals surface area contributed by atoms with Crippen molar-refractivity contribution in [3.05, 3.63) is 48.0 Å². The Morgan fingerprint density at radius 2 is 1.41 bits per heavy atom. The van der Waals surface area contributed by atoms with Gasteiger partial charge in [-0.15, -0.1) is 0 Å². The highest BCUT2D eigenvalue weighted by atomic mass is 16.5. The van der Waals surface area contributed by atoms with Crippen LogP contribution in [0.1, 0.15) is 19.4 Å². The largest absolute Gasteiger partial charge is 0.493 e. The molecule has 0 radical (unpaired) electrons. The maximum Gasteiger partial charge on any atom is 0.331 e. The van der Waals surface area contributed by atoms with E-state index < -0.39 is 18.0 Å². The molecule has 0 heterocycles. The van der Waals surface area contributed by atoms with Crippen LogP contribution < -0.4 is 24.8 Å². The van der Waals surface area contributed by atoms with E-state index in [4.69, 9.17) is 18.9 Å². The summed E-state index contributed by atoms with van der Waals surface area (Å²) in [4.78, 5) is 35.5. The predicted molar refractivity (Wildman–Crippen MR) is 120 cm³/mol. The minimum atomic E-state index is -1.03. The van der Waals surface area contributed by atoms with Crippen molar-refractivity contribution in [2.75, 3.05) is 32.0 Å². The Morgan fingerprint density at radius 1 is 0.875 bits per heavy atom. The van der Waals surface area contributed by atoms with Gasteiger partial charge < -0.3 is 29.6 Å².